The Morgan fingerprint density at radius 3 is 1.88 bits per heavy atom. The van der Waals surface area contributed by atoms with Gasteiger partial charge in [0.2, 0.25) is 0 Å². The minimum atomic E-state index is -1.72. The van der Waals surface area contributed by atoms with Crippen LogP contribution in [0.15, 0.2) is 0 Å². The van der Waals surface area contributed by atoms with Crippen LogP contribution in [0.1, 0.15) is 65.2 Å². The smallest absolute Gasteiger partial charge is 0.184 e. The average molecular weight is 641 g/mol. The molecule has 4 saturated carbocycles. The van der Waals surface area contributed by atoms with Crippen LogP contribution >= 0.6 is 0 Å². The van der Waals surface area contributed by atoms with Crippen molar-refractivity contribution in [1.29, 1.82) is 0 Å². The van der Waals surface area contributed by atoms with Gasteiger partial charge in [-0.25, -0.2) is 0 Å². The van der Waals surface area contributed by atoms with E-state index in [0.29, 0.717) is 29.5 Å². The first kappa shape index (κ1) is 34.6. The molecule has 240 valence electrons. The second-order valence-electron chi connectivity index (χ2n) is 19.1. The topological polar surface area (TPSA) is 36.9 Å². The highest BCUT2D eigenvalue weighted by atomic mass is 28.4. The van der Waals surface area contributed by atoms with Gasteiger partial charge in [-0.15, -0.1) is 0 Å². The number of rotatable bonds is 10. The third-order valence-electron chi connectivity index (χ3n) is 11.3. The first-order valence-corrected chi connectivity index (χ1v) is 30.8. The van der Waals surface area contributed by atoms with Crippen molar-refractivity contribution in [3.05, 3.63) is 0 Å². The van der Waals surface area contributed by atoms with Crippen molar-refractivity contribution in [3.8, 4) is 0 Å². The maximum atomic E-state index is 7.34. The molecule has 10 atom stereocenters. The maximum absolute atomic E-state index is 7.34. The summed E-state index contributed by atoms with van der Waals surface area (Å²) >= 11 is 0. The van der Waals surface area contributed by atoms with Crippen LogP contribution in [-0.2, 0) is 17.7 Å². The Kier molecular flexibility index (Phi) is 9.96. The summed E-state index contributed by atoms with van der Waals surface area (Å²) in [6.45, 7) is 34.5. The van der Waals surface area contributed by atoms with E-state index in [0.717, 1.165) is 24.4 Å². The molecule has 0 heterocycles. The lowest BCUT2D eigenvalue weighted by Crippen LogP contribution is -2.62. The normalized spacial score (nSPS) is 41.0. The fourth-order valence-corrected chi connectivity index (χ4v) is 14.3. The Hall–Kier alpha value is 0.708. The lowest BCUT2D eigenvalue weighted by molar-refractivity contribution is -0.176. The summed E-state index contributed by atoms with van der Waals surface area (Å²) in [5.41, 5.74) is 0.640. The molecule has 4 nitrogen and oxygen atoms in total. The number of hydrogen-bond acceptors (Lipinski definition) is 4. The van der Waals surface area contributed by atoms with Gasteiger partial charge < -0.3 is 17.7 Å². The monoisotopic (exact) mass is 640 g/mol. The van der Waals surface area contributed by atoms with Gasteiger partial charge in [-0.05, 0) is 170 Å². The molecule has 4 rings (SSSR count). The predicted molar refractivity (Wildman–Crippen MR) is 185 cm³/mol. The molecule has 0 spiro atoms. The molecule has 0 radical (unpaired) electrons. The van der Waals surface area contributed by atoms with Crippen molar-refractivity contribution in [2.75, 3.05) is 6.61 Å². The molecule has 0 aliphatic heterocycles. The maximum Gasteiger partial charge on any atom is 0.184 e. The van der Waals surface area contributed by atoms with Crippen molar-refractivity contribution < 1.29 is 17.7 Å². The van der Waals surface area contributed by atoms with Gasteiger partial charge in [-0.2, -0.15) is 0 Å². The minimum absolute atomic E-state index is 0.216. The highest BCUT2D eigenvalue weighted by Crippen LogP contribution is 2.68. The van der Waals surface area contributed by atoms with Crippen LogP contribution in [0.4, 0.5) is 0 Å². The lowest BCUT2D eigenvalue weighted by Gasteiger charge is -2.64. The van der Waals surface area contributed by atoms with E-state index in [-0.39, 0.29) is 11.5 Å². The average Bonchev–Trinajstić information content (AvgIpc) is 3.10. The van der Waals surface area contributed by atoms with Crippen molar-refractivity contribution in [3.63, 3.8) is 0 Å². The number of fused-ring (bicyclic) bond motifs is 5. The zero-order chi connectivity index (χ0) is 30.8. The van der Waals surface area contributed by atoms with Crippen molar-refractivity contribution in [1.82, 2.24) is 0 Å². The molecule has 0 aromatic heterocycles. The molecule has 8 heteroatoms. The Bertz CT molecular complexity index is 903. The summed E-state index contributed by atoms with van der Waals surface area (Å²) in [6.07, 6.45) is 11.5. The summed E-state index contributed by atoms with van der Waals surface area (Å²) in [4.78, 5) is 0. The van der Waals surface area contributed by atoms with Crippen molar-refractivity contribution in [2.24, 2.45) is 40.4 Å². The second kappa shape index (κ2) is 11.8. The third kappa shape index (κ3) is 8.11. The highest BCUT2D eigenvalue weighted by Gasteiger charge is 2.65. The van der Waals surface area contributed by atoms with E-state index < -0.39 is 33.3 Å². The van der Waals surface area contributed by atoms with Crippen LogP contribution in [0.5, 0.6) is 0 Å². The summed E-state index contributed by atoms with van der Waals surface area (Å²) in [6, 6.07) is 0. The van der Waals surface area contributed by atoms with Crippen LogP contribution < -0.4 is 0 Å². The first-order chi connectivity index (χ1) is 18.5. The van der Waals surface area contributed by atoms with Crippen LogP contribution in [0, 0.1) is 40.4 Å². The zero-order valence-electron chi connectivity index (χ0n) is 29.6. The second-order valence-corrected chi connectivity index (χ2v) is 37.0. The Labute approximate surface area is 259 Å². The van der Waals surface area contributed by atoms with E-state index in [2.05, 4.69) is 92.4 Å². The molecular formula is C33H68O4Si4. The largest absolute Gasteiger partial charge is 0.415 e. The molecule has 0 N–H and O–H groups in total. The molecule has 4 fully saturated rings. The molecule has 4 aliphatic rings. The SMILES string of the molecule is C[C@]12CC[C@@H](O[Si](C)(C)C)C[C@@H]1CC[C@@H]1[C@@H]2[C@@H](O[Si](C)(C)C)C[C@]2(C)[C@@H]([C@H](CO[Si](C)(C)C)O[Si](C)(C)C)CC[C@@H]12. The van der Waals surface area contributed by atoms with Gasteiger partial charge in [0.1, 0.15) is 0 Å². The van der Waals surface area contributed by atoms with Crippen LogP contribution in [0.25, 0.3) is 0 Å². The van der Waals surface area contributed by atoms with Crippen LogP contribution in [0.3, 0.4) is 0 Å². The van der Waals surface area contributed by atoms with Gasteiger partial charge in [0, 0.05) is 12.2 Å². The highest BCUT2D eigenvalue weighted by molar-refractivity contribution is 6.70. The Morgan fingerprint density at radius 1 is 0.683 bits per heavy atom. The molecule has 41 heavy (non-hydrogen) atoms. The van der Waals surface area contributed by atoms with Crippen LogP contribution in [-0.4, -0.2) is 58.2 Å². The standard InChI is InChI=1S/C33H68O4Si4/c1-32-20-19-25(35-39(6,7)8)21-24(32)15-16-26-27-17-18-28(30(37-41(12,13)14)23-34-38(3,4)5)33(27,2)22-29(31(26)32)36-40(9,10)11/h24-31H,15-23H2,1-14H3/t24-,25+,26-,27-,28+,29-,30-,31+,32-,33-/m0/s1. The van der Waals surface area contributed by atoms with Gasteiger partial charge in [0.05, 0.1) is 12.7 Å². The van der Waals surface area contributed by atoms with E-state index in [1.54, 1.807) is 0 Å². The fraction of sp³-hybridized carbons (Fsp3) is 1.00. The molecule has 0 aromatic carbocycles. The molecule has 4 aliphatic carbocycles. The Balaban J connectivity index is 1.65. The van der Waals surface area contributed by atoms with Crippen molar-refractivity contribution in [2.45, 2.75) is 162 Å². The van der Waals surface area contributed by atoms with E-state index in [1.807, 2.05) is 0 Å². The zero-order valence-corrected chi connectivity index (χ0v) is 33.6. The Morgan fingerprint density at radius 2 is 1.32 bits per heavy atom. The fourth-order valence-electron chi connectivity index (χ4n) is 10.1. The molecular weight excluding hydrogens is 573 g/mol. The first-order valence-electron chi connectivity index (χ1n) is 17.2. The van der Waals surface area contributed by atoms with Gasteiger partial charge in [0.25, 0.3) is 0 Å². The van der Waals surface area contributed by atoms with Gasteiger partial charge in [-0.3, -0.25) is 0 Å². The molecule has 0 unspecified atom stereocenters. The molecule has 0 saturated heterocycles. The third-order valence-corrected chi connectivity index (χ3v) is 15.3. The van der Waals surface area contributed by atoms with E-state index in [9.17, 15) is 0 Å². The van der Waals surface area contributed by atoms with Gasteiger partial charge >= 0.3 is 0 Å². The van der Waals surface area contributed by atoms with E-state index in [1.165, 1.54) is 51.4 Å². The lowest BCUT2D eigenvalue weighted by atomic mass is 9.43. The van der Waals surface area contributed by atoms with Gasteiger partial charge in [-0.1, -0.05) is 13.8 Å². The van der Waals surface area contributed by atoms with Crippen LogP contribution in [0.2, 0.25) is 78.6 Å². The molecule has 0 bridgehead atoms. The van der Waals surface area contributed by atoms with E-state index >= 15 is 0 Å². The number of hydrogen-bond donors (Lipinski definition) is 0. The minimum Gasteiger partial charge on any atom is -0.415 e. The summed E-state index contributed by atoms with van der Waals surface area (Å²) in [5.74, 6) is 3.60. The molecule has 0 aromatic rings. The van der Waals surface area contributed by atoms with E-state index in [4.69, 9.17) is 17.7 Å². The summed E-state index contributed by atoms with van der Waals surface area (Å²) < 4.78 is 27.7. The quantitative estimate of drug-likeness (QED) is 0.223. The summed E-state index contributed by atoms with van der Waals surface area (Å²) in [7, 11) is -6.60. The predicted octanol–water partition coefficient (Wildman–Crippen LogP) is 9.77. The van der Waals surface area contributed by atoms with Gasteiger partial charge in [0.15, 0.2) is 33.3 Å². The summed E-state index contributed by atoms with van der Waals surface area (Å²) in [5, 5.41) is 0. The molecule has 0 amide bonds. The van der Waals surface area contributed by atoms with Crippen molar-refractivity contribution >= 4 is 33.3 Å².